The maximum Gasteiger partial charge on any atom is 0.326 e. The van der Waals surface area contributed by atoms with Crippen LogP contribution in [0.25, 0.3) is 0 Å². The Morgan fingerprint density at radius 1 is 1.24 bits per heavy atom. The van der Waals surface area contributed by atoms with Gasteiger partial charge in [0.05, 0.1) is 10.6 Å². The van der Waals surface area contributed by atoms with Crippen LogP contribution in [-0.4, -0.2) is 28.0 Å². The number of rotatable bonds is 5. The molecule has 0 aliphatic heterocycles. The summed E-state index contributed by atoms with van der Waals surface area (Å²) >= 11 is 5.89. The van der Waals surface area contributed by atoms with Crippen LogP contribution in [0.5, 0.6) is 0 Å². The Hall–Kier alpha value is -2.40. The van der Waals surface area contributed by atoms with Gasteiger partial charge in [-0.3, -0.25) is 9.78 Å². The highest BCUT2D eigenvalue weighted by Gasteiger charge is 2.22. The number of halogens is 1. The summed E-state index contributed by atoms with van der Waals surface area (Å²) in [5.41, 5.74) is 0.973. The Morgan fingerprint density at radius 2 is 1.95 bits per heavy atom. The molecule has 2 rings (SSSR count). The van der Waals surface area contributed by atoms with Gasteiger partial charge in [-0.2, -0.15) is 0 Å². The Bertz CT molecular complexity index is 646. The largest absolute Gasteiger partial charge is 0.480 e. The number of carboxylic acids is 1. The van der Waals surface area contributed by atoms with E-state index in [4.69, 9.17) is 11.6 Å². The number of pyridine rings is 1. The van der Waals surface area contributed by atoms with Gasteiger partial charge in [-0.15, -0.1) is 0 Å². The number of carboxylic acid groups (broad SMARTS) is 1. The predicted octanol–water partition coefficient (Wildman–Crippen LogP) is 2.16. The van der Waals surface area contributed by atoms with Gasteiger partial charge in [-0.1, -0.05) is 41.9 Å². The standard InChI is InChI=1S/C15H13ClN2O3/c16-12-6-7-17-9-11(12)14(19)18-13(15(20)21)8-10-4-2-1-3-5-10/h1-7,9,13H,8H2,(H,18,19)(H,20,21)/t13-/m0/s1. The van der Waals surface area contributed by atoms with Gasteiger partial charge in [0, 0.05) is 18.8 Å². The van der Waals surface area contributed by atoms with Crippen LogP contribution in [0.15, 0.2) is 48.8 Å². The van der Waals surface area contributed by atoms with Gasteiger partial charge in [0.15, 0.2) is 0 Å². The summed E-state index contributed by atoms with van der Waals surface area (Å²) in [4.78, 5) is 27.2. The van der Waals surface area contributed by atoms with Crippen LogP contribution in [0.1, 0.15) is 15.9 Å². The summed E-state index contributed by atoms with van der Waals surface area (Å²) in [7, 11) is 0. The van der Waals surface area contributed by atoms with E-state index in [1.807, 2.05) is 18.2 Å². The number of hydrogen-bond acceptors (Lipinski definition) is 3. The van der Waals surface area contributed by atoms with E-state index in [-0.39, 0.29) is 17.0 Å². The van der Waals surface area contributed by atoms with E-state index >= 15 is 0 Å². The number of nitrogens with zero attached hydrogens (tertiary/aromatic N) is 1. The first-order valence-electron chi connectivity index (χ1n) is 6.25. The number of benzene rings is 1. The lowest BCUT2D eigenvalue weighted by atomic mass is 10.1. The van der Waals surface area contributed by atoms with E-state index in [1.165, 1.54) is 18.5 Å². The molecule has 2 N–H and O–H groups in total. The zero-order valence-corrected chi connectivity index (χ0v) is 11.7. The number of nitrogens with one attached hydrogen (secondary N) is 1. The second-order valence-corrected chi connectivity index (χ2v) is 4.82. The molecule has 1 heterocycles. The minimum absolute atomic E-state index is 0.151. The minimum atomic E-state index is -1.10. The molecule has 0 saturated heterocycles. The maximum absolute atomic E-state index is 12.1. The summed E-state index contributed by atoms with van der Waals surface area (Å²) in [6.45, 7) is 0. The highest BCUT2D eigenvalue weighted by Crippen LogP contribution is 2.13. The van der Waals surface area contributed by atoms with Crippen molar-refractivity contribution >= 4 is 23.5 Å². The Balaban J connectivity index is 2.12. The van der Waals surface area contributed by atoms with Crippen LogP contribution < -0.4 is 5.32 Å². The molecule has 0 bridgehead atoms. The molecular weight excluding hydrogens is 292 g/mol. The summed E-state index contributed by atoms with van der Waals surface area (Å²) in [5, 5.41) is 11.9. The first-order valence-corrected chi connectivity index (χ1v) is 6.63. The lowest BCUT2D eigenvalue weighted by molar-refractivity contribution is -0.139. The molecule has 0 radical (unpaired) electrons. The quantitative estimate of drug-likeness (QED) is 0.887. The first-order chi connectivity index (χ1) is 10.1. The third kappa shape index (κ3) is 4.03. The lowest BCUT2D eigenvalue weighted by Gasteiger charge is -2.15. The molecule has 21 heavy (non-hydrogen) atoms. The SMILES string of the molecule is O=C(N[C@@H](Cc1ccccc1)C(=O)O)c1cnccc1Cl. The highest BCUT2D eigenvalue weighted by molar-refractivity contribution is 6.33. The zero-order chi connectivity index (χ0) is 15.2. The van der Waals surface area contributed by atoms with Crippen molar-refractivity contribution in [3.05, 3.63) is 64.9 Å². The Kier molecular flexibility index (Phi) is 4.90. The molecule has 0 unspecified atom stereocenters. The highest BCUT2D eigenvalue weighted by atomic mass is 35.5. The van der Waals surface area contributed by atoms with Crippen LogP contribution in [0.3, 0.4) is 0 Å². The van der Waals surface area contributed by atoms with Crippen molar-refractivity contribution < 1.29 is 14.7 Å². The van der Waals surface area contributed by atoms with Crippen LogP contribution in [0.2, 0.25) is 5.02 Å². The fourth-order valence-electron chi connectivity index (χ4n) is 1.83. The first kappa shape index (κ1) is 15.0. The van der Waals surface area contributed by atoms with Crippen LogP contribution >= 0.6 is 11.6 Å². The van der Waals surface area contributed by atoms with E-state index in [9.17, 15) is 14.7 Å². The van der Waals surface area contributed by atoms with E-state index in [2.05, 4.69) is 10.3 Å². The number of carbonyl (C=O) groups is 2. The molecular formula is C15H13ClN2O3. The molecule has 1 amide bonds. The summed E-state index contributed by atoms with van der Waals surface area (Å²) in [5.74, 6) is -1.66. The number of aromatic nitrogens is 1. The van der Waals surface area contributed by atoms with Gasteiger partial charge >= 0.3 is 5.97 Å². The molecule has 1 aromatic heterocycles. The molecule has 1 aromatic carbocycles. The fraction of sp³-hybridized carbons (Fsp3) is 0.133. The van der Waals surface area contributed by atoms with Crippen molar-refractivity contribution in [2.45, 2.75) is 12.5 Å². The molecule has 0 aliphatic rings. The molecule has 0 saturated carbocycles. The van der Waals surface area contributed by atoms with Gasteiger partial charge in [0.1, 0.15) is 6.04 Å². The molecule has 108 valence electrons. The maximum atomic E-state index is 12.1. The van der Waals surface area contributed by atoms with E-state index in [1.54, 1.807) is 12.1 Å². The van der Waals surface area contributed by atoms with Crippen molar-refractivity contribution in [3.63, 3.8) is 0 Å². The zero-order valence-electron chi connectivity index (χ0n) is 11.0. The summed E-state index contributed by atoms with van der Waals surface area (Å²) in [6.07, 6.45) is 2.96. The lowest BCUT2D eigenvalue weighted by Crippen LogP contribution is -2.42. The predicted molar refractivity (Wildman–Crippen MR) is 78.3 cm³/mol. The summed E-state index contributed by atoms with van der Waals surface area (Å²) in [6, 6.07) is 9.52. The number of carbonyl (C=O) groups excluding carboxylic acids is 1. The Labute approximate surface area is 126 Å². The van der Waals surface area contributed by atoms with Crippen molar-refractivity contribution in [3.8, 4) is 0 Å². The van der Waals surface area contributed by atoms with Crippen LogP contribution in [-0.2, 0) is 11.2 Å². The second-order valence-electron chi connectivity index (χ2n) is 4.41. The van der Waals surface area contributed by atoms with Gasteiger partial charge < -0.3 is 10.4 Å². The molecule has 2 aromatic rings. The second kappa shape index (κ2) is 6.85. The molecule has 5 nitrogen and oxygen atoms in total. The normalized spacial score (nSPS) is 11.7. The van der Waals surface area contributed by atoms with Gasteiger partial charge in [0.2, 0.25) is 0 Å². The summed E-state index contributed by atoms with van der Waals surface area (Å²) < 4.78 is 0. The smallest absolute Gasteiger partial charge is 0.326 e. The third-order valence-electron chi connectivity index (χ3n) is 2.90. The van der Waals surface area contributed by atoms with Gasteiger partial charge in [-0.05, 0) is 11.6 Å². The van der Waals surface area contributed by atoms with Crippen molar-refractivity contribution in [2.75, 3.05) is 0 Å². The number of aliphatic carboxylic acids is 1. The van der Waals surface area contributed by atoms with Crippen LogP contribution in [0.4, 0.5) is 0 Å². The van der Waals surface area contributed by atoms with Crippen molar-refractivity contribution in [1.82, 2.24) is 10.3 Å². The third-order valence-corrected chi connectivity index (χ3v) is 3.23. The molecule has 0 spiro atoms. The van der Waals surface area contributed by atoms with E-state index in [0.29, 0.717) is 0 Å². The van der Waals surface area contributed by atoms with Crippen LogP contribution in [0, 0.1) is 0 Å². The van der Waals surface area contributed by atoms with Crippen molar-refractivity contribution in [2.24, 2.45) is 0 Å². The molecule has 1 atom stereocenters. The number of hydrogen-bond donors (Lipinski definition) is 2. The monoisotopic (exact) mass is 304 g/mol. The average Bonchev–Trinajstić information content (AvgIpc) is 2.48. The minimum Gasteiger partial charge on any atom is -0.480 e. The fourth-order valence-corrected chi connectivity index (χ4v) is 2.02. The average molecular weight is 305 g/mol. The van der Waals surface area contributed by atoms with Crippen molar-refractivity contribution in [1.29, 1.82) is 0 Å². The van der Waals surface area contributed by atoms with E-state index < -0.39 is 17.9 Å². The molecule has 0 fully saturated rings. The Morgan fingerprint density at radius 3 is 2.57 bits per heavy atom. The van der Waals surface area contributed by atoms with Gasteiger partial charge in [-0.25, -0.2) is 4.79 Å². The molecule has 0 aliphatic carbocycles. The molecule has 6 heteroatoms. The number of amides is 1. The van der Waals surface area contributed by atoms with E-state index in [0.717, 1.165) is 5.56 Å². The van der Waals surface area contributed by atoms with Gasteiger partial charge in [0.25, 0.3) is 5.91 Å². The topological polar surface area (TPSA) is 79.3 Å².